The molecule has 19 heavy (non-hydrogen) atoms. The van der Waals surface area contributed by atoms with Crippen molar-refractivity contribution in [2.45, 2.75) is 32.8 Å². The molecule has 100 valence electrons. The normalized spacial score (nSPS) is 16.2. The molecule has 0 spiro atoms. The standard InChI is InChI=1S/C13H14BrN3O2/c1-7-15-12(18)17(16-7)10-5-4-9(14)8-6-13(2,3)19-11(8)10/h4-5H,6H2,1-3H3,(H,15,16,18). The van der Waals surface area contributed by atoms with E-state index in [1.807, 2.05) is 26.0 Å². The lowest BCUT2D eigenvalue weighted by molar-refractivity contribution is 0.138. The van der Waals surface area contributed by atoms with Gasteiger partial charge in [-0.05, 0) is 32.9 Å². The maximum Gasteiger partial charge on any atom is 0.348 e. The molecule has 6 heteroatoms. The Morgan fingerprint density at radius 3 is 2.84 bits per heavy atom. The summed E-state index contributed by atoms with van der Waals surface area (Å²) in [4.78, 5) is 14.5. The summed E-state index contributed by atoms with van der Waals surface area (Å²) in [6.45, 7) is 5.81. The summed E-state index contributed by atoms with van der Waals surface area (Å²) in [5.41, 5.74) is 1.24. The highest BCUT2D eigenvalue weighted by Gasteiger charge is 2.34. The molecular weight excluding hydrogens is 310 g/mol. The zero-order valence-corrected chi connectivity index (χ0v) is 12.5. The number of halogens is 1. The Morgan fingerprint density at radius 1 is 1.47 bits per heavy atom. The summed E-state index contributed by atoms with van der Waals surface area (Å²) in [5, 5.41) is 4.19. The largest absolute Gasteiger partial charge is 0.485 e. The van der Waals surface area contributed by atoms with E-state index >= 15 is 0 Å². The third-order valence-corrected chi connectivity index (χ3v) is 3.86. The molecule has 0 atom stereocenters. The van der Waals surface area contributed by atoms with Gasteiger partial charge >= 0.3 is 5.69 Å². The van der Waals surface area contributed by atoms with Crippen LogP contribution in [0.25, 0.3) is 5.69 Å². The van der Waals surface area contributed by atoms with Gasteiger partial charge in [-0.2, -0.15) is 9.78 Å². The molecule has 0 radical (unpaired) electrons. The average molecular weight is 324 g/mol. The minimum atomic E-state index is -0.268. The number of fused-ring (bicyclic) bond motifs is 1. The van der Waals surface area contributed by atoms with Crippen LogP contribution in [0.3, 0.4) is 0 Å². The fraction of sp³-hybridized carbons (Fsp3) is 0.385. The molecule has 5 nitrogen and oxygen atoms in total. The molecule has 1 aromatic heterocycles. The van der Waals surface area contributed by atoms with Crippen molar-refractivity contribution in [1.82, 2.24) is 14.8 Å². The molecule has 2 heterocycles. The van der Waals surface area contributed by atoms with Crippen LogP contribution in [-0.2, 0) is 6.42 Å². The number of rotatable bonds is 1. The predicted molar refractivity (Wildman–Crippen MR) is 75.0 cm³/mol. The Balaban J connectivity index is 2.24. The van der Waals surface area contributed by atoms with E-state index in [1.165, 1.54) is 4.68 Å². The molecule has 3 rings (SSSR count). The van der Waals surface area contributed by atoms with Crippen LogP contribution < -0.4 is 10.4 Å². The van der Waals surface area contributed by atoms with Gasteiger partial charge in [0.05, 0.1) is 0 Å². The highest BCUT2D eigenvalue weighted by atomic mass is 79.9. The van der Waals surface area contributed by atoms with Gasteiger partial charge in [-0.25, -0.2) is 4.79 Å². The van der Waals surface area contributed by atoms with Crippen molar-refractivity contribution in [1.29, 1.82) is 0 Å². The lowest BCUT2D eigenvalue weighted by Crippen LogP contribution is -2.25. The monoisotopic (exact) mass is 323 g/mol. The maximum absolute atomic E-state index is 11.9. The molecule has 0 unspecified atom stereocenters. The fourth-order valence-corrected chi connectivity index (χ4v) is 2.82. The summed E-state index contributed by atoms with van der Waals surface area (Å²) >= 11 is 3.53. The van der Waals surface area contributed by atoms with Crippen LogP contribution in [0.2, 0.25) is 0 Å². The van der Waals surface area contributed by atoms with Gasteiger partial charge in [0.2, 0.25) is 0 Å². The van der Waals surface area contributed by atoms with E-state index in [0.29, 0.717) is 11.5 Å². The van der Waals surface area contributed by atoms with Crippen LogP contribution in [0.1, 0.15) is 25.2 Å². The number of H-pyrrole nitrogens is 1. The number of ether oxygens (including phenoxy) is 1. The molecule has 0 saturated heterocycles. The van der Waals surface area contributed by atoms with Gasteiger partial charge in [0.25, 0.3) is 0 Å². The SMILES string of the molecule is Cc1nn(-c2ccc(Br)c3c2OC(C)(C)C3)c(=O)[nH]1. The molecule has 0 bridgehead atoms. The first-order valence-electron chi connectivity index (χ1n) is 6.04. The third kappa shape index (κ3) is 2.00. The number of hydrogen-bond acceptors (Lipinski definition) is 3. The van der Waals surface area contributed by atoms with Gasteiger partial charge in [-0.1, -0.05) is 15.9 Å². The smallest absolute Gasteiger partial charge is 0.348 e. The van der Waals surface area contributed by atoms with Gasteiger partial charge in [-0.3, -0.25) is 4.98 Å². The fourth-order valence-electron chi connectivity index (χ4n) is 2.37. The quantitative estimate of drug-likeness (QED) is 0.876. The Morgan fingerprint density at radius 2 is 2.21 bits per heavy atom. The molecule has 0 amide bonds. The van der Waals surface area contributed by atoms with Gasteiger partial charge in [0.1, 0.15) is 22.9 Å². The Kier molecular flexibility index (Phi) is 2.60. The summed E-state index contributed by atoms with van der Waals surface area (Å²) in [5.74, 6) is 1.31. The number of nitrogens with zero attached hydrogens (tertiary/aromatic N) is 2. The van der Waals surface area contributed by atoms with Gasteiger partial charge in [0, 0.05) is 16.5 Å². The Bertz CT molecular complexity index is 715. The molecular formula is C13H14BrN3O2. The molecule has 1 aromatic carbocycles. The van der Waals surface area contributed by atoms with Gasteiger partial charge in [-0.15, -0.1) is 0 Å². The van der Waals surface area contributed by atoms with Gasteiger partial charge < -0.3 is 4.74 Å². The number of aromatic amines is 1. The molecule has 1 aliphatic rings. The van der Waals surface area contributed by atoms with Crippen LogP contribution in [-0.4, -0.2) is 20.4 Å². The van der Waals surface area contributed by atoms with Crippen molar-refractivity contribution < 1.29 is 4.74 Å². The van der Waals surface area contributed by atoms with Crippen LogP contribution in [0.5, 0.6) is 5.75 Å². The number of nitrogens with one attached hydrogen (secondary N) is 1. The van der Waals surface area contributed by atoms with E-state index < -0.39 is 0 Å². The zero-order valence-electron chi connectivity index (χ0n) is 11.0. The van der Waals surface area contributed by atoms with Crippen molar-refractivity contribution in [2.24, 2.45) is 0 Å². The highest BCUT2D eigenvalue weighted by Crippen LogP contribution is 2.42. The zero-order chi connectivity index (χ0) is 13.8. The second-order valence-electron chi connectivity index (χ2n) is 5.34. The van der Waals surface area contributed by atoms with Gasteiger partial charge in [0.15, 0.2) is 0 Å². The van der Waals surface area contributed by atoms with E-state index in [9.17, 15) is 4.79 Å². The van der Waals surface area contributed by atoms with Crippen molar-refractivity contribution in [3.63, 3.8) is 0 Å². The van der Waals surface area contributed by atoms with E-state index in [2.05, 4.69) is 26.0 Å². The maximum atomic E-state index is 11.9. The Labute approximate surface area is 118 Å². The second kappa shape index (κ2) is 3.96. The number of aromatic nitrogens is 3. The molecule has 0 fully saturated rings. The lowest BCUT2D eigenvalue weighted by atomic mass is 10.0. The molecule has 1 N–H and O–H groups in total. The van der Waals surface area contributed by atoms with Crippen molar-refractivity contribution in [2.75, 3.05) is 0 Å². The lowest BCUT2D eigenvalue weighted by Gasteiger charge is -2.17. The number of aryl methyl sites for hydroxylation is 1. The van der Waals surface area contributed by atoms with E-state index in [1.54, 1.807) is 6.92 Å². The van der Waals surface area contributed by atoms with Crippen LogP contribution >= 0.6 is 15.9 Å². The predicted octanol–water partition coefficient (Wildman–Crippen LogP) is 2.35. The summed E-state index contributed by atoms with van der Waals surface area (Å²) in [6.07, 6.45) is 0.801. The van der Waals surface area contributed by atoms with Crippen molar-refractivity contribution >= 4 is 15.9 Å². The van der Waals surface area contributed by atoms with E-state index in [4.69, 9.17) is 4.74 Å². The Hall–Kier alpha value is -1.56. The molecule has 0 aliphatic carbocycles. The van der Waals surface area contributed by atoms with Crippen LogP contribution in [0, 0.1) is 6.92 Å². The molecule has 2 aromatic rings. The van der Waals surface area contributed by atoms with Crippen LogP contribution in [0.15, 0.2) is 21.4 Å². The van der Waals surface area contributed by atoms with Crippen molar-refractivity contribution in [3.05, 3.63) is 38.5 Å². The minimum Gasteiger partial charge on any atom is -0.485 e. The topological polar surface area (TPSA) is 59.9 Å². The third-order valence-electron chi connectivity index (χ3n) is 3.12. The van der Waals surface area contributed by atoms with Crippen LogP contribution in [0.4, 0.5) is 0 Å². The summed E-state index contributed by atoms with van der Waals surface area (Å²) in [6, 6.07) is 3.77. The molecule has 1 aliphatic heterocycles. The highest BCUT2D eigenvalue weighted by molar-refractivity contribution is 9.10. The number of hydrogen-bond donors (Lipinski definition) is 1. The molecule has 0 saturated carbocycles. The van der Waals surface area contributed by atoms with E-state index in [0.717, 1.165) is 22.2 Å². The summed E-state index contributed by atoms with van der Waals surface area (Å²) < 4.78 is 8.33. The first kappa shape index (κ1) is 12.5. The van der Waals surface area contributed by atoms with Crippen molar-refractivity contribution in [3.8, 4) is 11.4 Å². The average Bonchev–Trinajstić information content (AvgIpc) is 2.79. The summed E-state index contributed by atoms with van der Waals surface area (Å²) in [7, 11) is 0. The minimum absolute atomic E-state index is 0.254. The first-order valence-corrected chi connectivity index (χ1v) is 6.83. The number of benzene rings is 1. The van der Waals surface area contributed by atoms with E-state index in [-0.39, 0.29) is 11.3 Å². The first-order chi connectivity index (χ1) is 8.87. The second-order valence-corrected chi connectivity index (χ2v) is 6.19.